The van der Waals surface area contributed by atoms with Gasteiger partial charge in [-0.15, -0.1) is 0 Å². The molecule has 4 heterocycles. The topological polar surface area (TPSA) is 109 Å². The van der Waals surface area contributed by atoms with Gasteiger partial charge >= 0.3 is 0 Å². The first-order chi connectivity index (χ1) is 17.1. The lowest BCUT2D eigenvalue weighted by Gasteiger charge is -2.26. The monoisotopic (exact) mass is 489 g/mol. The lowest BCUT2D eigenvalue weighted by Crippen LogP contribution is -2.41. The van der Waals surface area contributed by atoms with E-state index >= 15 is 0 Å². The summed E-state index contributed by atoms with van der Waals surface area (Å²) in [5.41, 5.74) is 4.18. The molecule has 9 nitrogen and oxygen atoms in total. The number of hydrogen-bond donors (Lipinski definition) is 0. The molecule has 6 rings (SSSR count). The van der Waals surface area contributed by atoms with E-state index in [0.29, 0.717) is 55.7 Å². The summed E-state index contributed by atoms with van der Waals surface area (Å²) in [5.74, 6) is 1.14. The van der Waals surface area contributed by atoms with Gasteiger partial charge in [0.25, 0.3) is 5.91 Å². The maximum Gasteiger partial charge on any atom is 0.275 e. The van der Waals surface area contributed by atoms with Crippen LogP contribution >= 0.6 is 0 Å². The summed E-state index contributed by atoms with van der Waals surface area (Å²) in [4.78, 5) is 20.5. The molecular formula is C25H23N5O4S. The summed E-state index contributed by atoms with van der Waals surface area (Å²) >= 11 is -1.26. The zero-order chi connectivity index (χ0) is 23.9. The molecule has 0 radical (unpaired) electrons. The fourth-order valence-corrected chi connectivity index (χ4v) is 5.83. The predicted molar refractivity (Wildman–Crippen MR) is 129 cm³/mol. The van der Waals surface area contributed by atoms with Crippen molar-refractivity contribution < 1.29 is 18.6 Å². The Morgan fingerprint density at radius 2 is 1.97 bits per heavy atom. The van der Waals surface area contributed by atoms with Crippen LogP contribution in [0.4, 0.5) is 0 Å². The van der Waals surface area contributed by atoms with E-state index in [-0.39, 0.29) is 11.7 Å². The highest BCUT2D eigenvalue weighted by atomic mass is 32.2. The average Bonchev–Trinajstić information content (AvgIpc) is 3.54. The van der Waals surface area contributed by atoms with Crippen LogP contribution in [-0.2, 0) is 28.1 Å². The molecule has 1 atom stereocenters. The first-order valence-corrected chi connectivity index (χ1v) is 12.9. The molecule has 178 valence electrons. The van der Waals surface area contributed by atoms with E-state index in [1.54, 1.807) is 9.58 Å². The average molecular weight is 490 g/mol. The fraction of sp³-hybridized carbons (Fsp3) is 0.280. The van der Waals surface area contributed by atoms with Gasteiger partial charge in [0.15, 0.2) is 10.6 Å². The molecule has 2 aromatic carbocycles. The van der Waals surface area contributed by atoms with Crippen molar-refractivity contribution in [1.29, 1.82) is 0 Å². The number of aromatic nitrogens is 4. The van der Waals surface area contributed by atoms with E-state index in [2.05, 4.69) is 10.1 Å². The molecule has 0 bridgehead atoms. The first-order valence-electron chi connectivity index (χ1n) is 11.5. The molecule has 1 fully saturated rings. The molecule has 2 aliphatic rings. The molecule has 2 aliphatic heterocycles. The van der Waals surface area contributed by atoms with Gasteiger partial charge in [-0.05, 0) is 35.4 Å². The Labute approximate surface area is 204 Å². The second kappa shape index (κ2) is 8.95. The second-order valence-electron chi connectivity index (χ2n) is 8.39. The number of ether oxygens (including phenoxy) is 1. The van der Waals surface area contributed by atoms with Crippen LogP contribution in [0.1, 0.15) is 28.9 Å². The Morgan fingerprint density at radius 3 is 2.77 bits per heavy atom. The van der Waals surface area contributed by atoms with Crippen molar-refractivity contribution >= 4 is 17.1 Å². The SMILES string of the molecule is CCc1nc(-c2cccc(-n3nc(C(=O)N4CCOCC4)c4c3-c3ccccc3[S+]([O-])C4)c2)no1. The Kier molecular flexibility index (Phi) is 5.63. The number of carbonyl (C=O) groups is 1. The van der Waals surface area contributed by atoms with E-state index < -0.39 is 11.2 Å². The number of aryl methyl sites for hydroxylation is 1. The van der Waals surface area contributed by atoms with Crippen molar-refractivity contribution in [3.63, 3.8) is 0 Å². The smallest absolute Gasteiger partial charge is 0.275 e. The fourth-order valence-electron chi connectivity index (χ4n) is 4.50. The van der Waals surface area contributed by atoms with Crippen LogP contribution in [0.3, 0.4) is 0 Å². The summed E-state index contributed by atoms with van der Waals surface area (Å²) in [6.45, 7) is 3.96. The molecule has 35 heavy (non-hydrogen) atoms. The molecule has 1 amide bonds. The van der Waals surface area contributed by atoms with Crippen molar-refractivity contribution in [3.05, 3.63) is 65.7 Å². The normalized spacial score (nSPS) is 17.2. The Hall–Kier alpha value is -3.47. The number of carbonyl (C=O) groups excluding carboxylic acids is 1. The number of rotatable bonds is 4. The zero-order valence-corrected chi connectivity index (χ0v) is 20.0. The number of benzene rings is 2. The Bertz CT molecular complexity index is 1410. The number of morpholine rings is 1. The van der Waals surface area contributed by atoms with Crippen LogP contribution in [0.5, 0.6) is 0 Å². The van der Waals surface area contributed by atoms with Gasteiger partial charge in [-0.3, -0.25) is 4.79 Å². The summed E-state index contributed by atoms with van der Waals surface area (Å²) < 4.78 is 25.6. The number of fused-ring (bicyclic) bond motifs is 3. The summed E-state index contributed by atoms with van der Waals surface area (Å²) in [6.07, 6.45) is 0.653. The molecule has 0 spiro atoms. The number of hydrogen-bond acceptors (Lipinski definition) is 7. The zero-order valence-electron chi connectivity index (χ0n) is 19.1. The van der Waals surface area contributed by atoms with Gasteiger partial charge in [0.05, 0.1) is 35.7 Å². The molecular weight excluding hydrogens is 466 g/mol. The predicted octanol–water partition coefficient (Wildman–Crippen LogP) is 3.25. The summed E-state index contributed by atoms with van der Waals surface area (Å²) in [5, 5.41) is 8.90. The standard InChI is InChI=1S/C25H23N5O4S/c1-2-21-26-24(28-34-21)16-6-5-7-17(14-16)30-23-18-8-3-4-9-20(18)35(32)15-19(23)22(27-30)25(31)29-10-12-33-13-11-29/h3-9,14H,2,10-13,15H2,1H3. The molecule has 0 aliphatic carbocycles. The van der Waals surface area contributed by atoms with Gasteiger partial charge in [-0.25, -0.2) is 4.68 Å². The largest absolute Gasteiger partial charge is 0.611 e. The van der Waals surface area contributed by atoms with Crippen LogP contribution in [0, 0.1) is 0 Å². The van der Waals surface area contributed by atoms with E-state index in [0.717, 1.165) is 27.4 Å². The lowest BCUT2D eigenvalue weighted by molar-refractivity contribution is 0.0298. The highest BCUT2D eigenvalue weighted by molar-refractivity contribution is 7.90. The van der Waals surface area contributed by atoms with Crippen LogP contribution in [0.25, 0.3) is 28.3 Å². The van der Waals surface area contributed by atoms with Gasteiger partial charge in [-0.1, -0.05) is 36.3 Å². The van der Waals surface area contributed by atoms with Crippen LogP contribution < -0.4 is 0 Å². The third kappa shape index (κ3) is 3.83. The maximum absolute atomic E-state index is 13.5. The van der Waals surface area contributed by atoms with E-state index in [4.69, 9.17) is 14.4 Å². The van der Waals surface area contributed by atoms with Crippen molar-refractivity contribution in [3.8, 4) is 28.3 Å². The molecule has 1 unspecified atom stereocenters. The third-order valence-corrected chi connectivity index (χ3v) is 7.66. The minimum Gasteiger partial charge on any atom is -0.611 e. The molecule has 0 saturated carbocycles. The highest BCUT2D eigenvalue weighted by Gasteiger charge is 2.37. The molecule has 4 aromatic rings. The lowest BCUT2D eigenvalue weighted by atomic mass is 10.0. The van der Waals surface area contributed by atoms with Crippen molar-refractivity contribution in [2.45, 2.75) is 24.0 Å². The van der Waals surface area contributed by atoms with Crippen LogP contribution in [0.15, 0.2) is 57.9 Å². The third-order valence-electron chi connectivity index (χ3n) is 6.27. The van der Waals surface area contributed by atoms with Gasteiger partial charge in [-0.2, -0.15) is 10.1 Å². The molecule has 1 saturated heterocycles. The minimum absolute atomic E-state index is 0.165. The van der Waals surface area contributed by atoms with Crippen molar-refractivity contribution in [2.24, 2.45) is 0 Å². The van der Waals surface area contributed by atoms with E-state index in [9.17, 15) is 9.35 Å². The van der Waals surface area contributed by atoms with Gasteiger partial charge in [0.1, 0.15) is 5.75 Å². The minimum atomic E-state index is -1.26. The van der Waals surface area contributed by atoms with E-state index in [1.807, 2.05) is 55.5 Å². The summed E-state index contributed by atoms with van der Waals surface area (Å²) in [6, 6.07) is 15.3. The number of nitrogens with zero attached hydrogens (tertiary/aromatic N) is 5. The van der Waals surface area contributed by atoms with Gasteiger partial charge < -0.3 is 18.7 Å². The quantitative estimate of drug-likeness (QED) is 0.405. The Morgan fingerprint density at radius 1 is 1.14 bits per heavy atom. The van der Waals surface area contributed by atoms with Gasteiger partial charge in [0, 0.05) is 25.1 Å². The molecule has 10 heteroatoms. The molecule has 2 aromatic heterocycles. The highest BCUT2D eigenvalue weighted by Crippen LogP contribution is 2.41. The Balaban J connectivity index is 1.51. The maximum atomic E-state index is 13.5. The first kappa shape index (κ1) is 22.0. The van der Waals surface area contributed by atoms with E-state index in [1.165, 1.54) is 0 Å². The molecule has 0 N–H and O–H groups in total. The summed E-state index contributed by atoms with van der Waals surface area (Å²) in [7, 11) is 0. The number of amides is 1. The van der Waals surface area contributed by atoms with Crippen molar-refractivity contribution in [1.82, 2.24) is 24.8 Å². The van der Waals surface area contributed by atoms with Crippen LogP contribution in [-0.4, -0.2) is 61.6 Å². The van der Waals surface area contributed by atoms with Crippen LogP contribution in [0.2, 0.25) is 0 Å². The van der Waals surface area contributed by atoms with Gasteiger partial charge in [0.2, 0.25) is 11.7 Å². The van der Waals surface area contributed by atoms with Crippen molar-refractivity contribution in [2.75, 3.05) is 26.3 Å². The second-order valence-corrected chi connectivity index (χ2v) is 9.81.